The minimum atomic E-state index is -2.93. The maximum atomic E-state index is 13.7. The predicted molar refractivity (Wildman–Crippen MR) is 94.5 cm³/mol. The SMILES string of the molecule is CC(C)OCCc1nc(C2C3CS(=O)(=O)CC32)n(-c2cccc(F)c2)n1. The van der Waals surface area contributed by atoms with Gasteiger partial charge in [0.2, 0.25) is 0 Å². The van der Waals surface area contributed by atoms with E-state index in [0.717, 1.165) is 5.82 Å². The molecule has 1 aromatic carbocycles. The van der Waals surface area contributed by atoms with Gasteiger partial charge in [0, 0.05) is 12.3 Å². The molecule has 2 fully saturated rings. The Morgan fingerprint density at radius 3 is 2.69 bits per heavy atom. The Hall–Kier alpha value is -1.80. The Morgan fingerprint density at radius 2 is 2.04 bits per heavy atom. The predicted octanol–water partition coefficient (Wildman–Crippen LogP) is 2.13. The molecule has 2 aliphatic rings. The van der Waals surface area contributed by atoms with Crippen LogP contribution in [0.1, 0.15) is 31.4 Å². The lowest BCUT2D eigenvalue weighted by Crippen LogP contribution is -2.12. The smallest absolute Gasteiger partial charge is 0.153 e. The summed E-state index contributed by atoms with van der Waals surface area (Å²) in [6, 6.07) is 6.22. The molecule has 0 N–H and O–H groups in total. The van der Waals surface area contributed by atoms with Crippen LogP contribution in [0.3, 0.4) is 0 Å². The highest BCUT2D eigenvalue weighted by Gasteiger charge is 2.61. The Kier molecular flexibility index (Phi) is 4.35. The van der Waals surface area contributed by atoms with Crippen molar-refractivity contribution in [1.82, 2.24) is 14.8 Å². The lowest BCUT2D eigenvalue weighted by Gasteiger charge is -2.07. The molecule has 140 valence electrons. The third-order valence-electron chi connectivity index (χ3n) is 5.03. The third-order valence-corrected chi connectivity index (χ3v) is 6.81. The monoisotopic (exact) mass is 379 g/mol. The van der Waals surface area contributed by atoms with Gasteiger partial charge in [0.25, 0.3) is 0 Å². The molecule has 1 aromatic heterocycles. The first-order valence-electron chi connectivity index (χ1n) is 8.88. The van der Waals surface area contributed by atoms with Crippen molar-refractivity contribution >= 4 is 9.84 Å². The molecule has 26 heavy (non-hydrogen) atoms. The first kappa shape index (κ1) is 17.6. The maximum absolute atomic E-state index is 13.7. The van der Waals surface area contributed by atoms with E-state index in [1.807, 2.05) is 13.8 Å². The molecular formula is C18H22FN3O3S. The van der Waals surface area contributed by atoms with Crippen molar-refractivity contribution in [2.75, 3.05) is 18.1 Å². The zero-order valence-electron chi connectivity index (χ0n) is 14.8. The summed E-state index contributed by atoms with van der Waals surface area (Å²) >= 11 is 0. The summed E-state index contributed by atoms with van der Waals surface area (Å²) in [6.07, 6.45) is 0.696. The second-order valence-corrected chi connectivity index (χ2v) is 9.53. The molecule has 6 nitrogen and oxygen atoms in total. The summed E-state index contributed by atoms with van der Waals surface area (Å²) in [5.74, 6) is 1.75. The second kappa shape index (κ2) is 6.42. The number of aromatic nitrogens is 3. The number of hydrogen-bond donors (Lipinski definition) is 0. The Labute approximate surface area is 152 Å². The molecule has 2 heterocycles. The molecule has 0 bridgehead atoms. The summed E-state index contributed by atoms with van der Waals surface area (Å²) < 4.78 is 44.4. The number of hydrogen-bond acceptors (Lipinski definition) is 5. The molecule has 2 unspecified atom stereocenters. The molecular weight excluding hydrogens is 357 g/mol. The molecule has 0 amide bonds. The highest BCUT2D eigenvalue weighted by molar-refractivity contribution is 7.91. The van der Waals surface area contributed by atoms with Crippen LogP contribution in [0.4, 0.5) is 4.39 Å². The van der Waals surface area contributed by atoms with Crippen molar-refractivity contribution < 1.29 is 17.5 Å². The van der Waals surface area contributed by atoms with E-state index in [-0.39, 0.29) is 41.2 Å². The van der Waals surface area contributed by atoms with Crippen LogP contribution in [0.15, 0.2) is 24.3 Å². The molecule has 2 aromatic rings. The minimum Gasteiger partial charge on any atom is -0.378 e. The van der Waals surface area contributed by atoms with Gasteiger partial charge in [-0.05, 0) is 43.9 Å². The standard InChI is InChI=1S/C18H22FN3O3S/c1-11(2)25-7-6-16-20-18(17-14-9-26(23,24)10-15(14)17)22(21-16)13-5-3-4-12(19)8-13/h3-5,8,11,14-15,17H,6-7,9-10H2,1-2H3. The fraction of sp³-hybridized carbons (Fsp3) is 0.556. The third kappa shape index (κ3) is 3.40. The lowest BCUT2D eigenvalue weighted by molar-refractivity contribution is 0.0804. The number of nitrogens with zero attached hydrogens (tertiary/aromatic N) is 3. The number of benzene rings is 1. The first-order valence-corrected chi connectivity index (χ1v) is 10.7. The van der Waals surface area contributed by atoms with Gasteiger partial charge in [0.05, 0.1) is 29.9 Å². The van der Waals surface area contributed by atoms with Crippen LogP contribution in [0, 0.1) is 17.7 Å². The molecule has 4 rings (SSSR count). The molecule has 2 atom stereocenters. The fourth-order valence-corrected chi connectivity index (χ4v) is 6.03. The Morgan fingerprint density at radius 1 is 1.31 bits per heavy atom. The lowest BCUT2D eigenvalue weighted by atomic mass is 10.2. The van der Waals surface area contributed by atoms with Crippen molar-refractivity contribution in [3.05, 3.63) is 41.7 Å². The second-order valence-electron chi connectivity index (χ2n) is 7.38. The Bertz CT molecular complexity index is 908. The Balaban J connectivity index is 1.62. The van der Waals surface area contributed by atoms with Gasteiger partial charge in [-0.15, -0.1) is 0 Å². The normalized spacial score (nSPS) is 26.2. The summed E-state index contributed by atoms with van der Waals surface area (Å²) in [4.78, 5) is 4.66. The van der Waals surface area contributed by atoms with E-state index in [1.165, 1.54) is 12.1 Å². The van der Waals surface area contributed by atoms with Crippen LogP contribution in [0.2, 0.25) is 0 Å². The van der Waals surface area contributed by atoms with Gasteiger partial charge in [0.1, 0.15) is 11.6 Å². The van der Waals surface area contributed by atoms with E-state index < -0.39 is 9.84 Å². The van der Waals surface area contributed by atoms with Gasteiger partial charge in [-0.3, -0.25) is 0 Å². The highest BCUT2D eigenvalue weighted by atomic mass is 32.2. The van der Waals surface area contributed by atoms with Crippen molar-refractivity contribution in [2.45, 2.75) is 32.3 Å². The molecule has 1 aliphatic carbocycles. The molecule has 1 saturated heterocycles. The van der Waals surface area contributed by atoms with Gasteiger partial charge in [-0.1, -0.05) is 6.07 Å². The minimum absolute atomic E-state index is 0.0778. The summed E-state index contributed by atoms with van der Waals surface area (Å²) in [6.45, 7) is 4.45. The number of rotatable bonds is 6. The molecule has 1 saturated carbocycles. The van der Waals surface area contributed by atoms with Crippen molar-refractivity contribution in [2.24, 2.45) is 11.8 Å². The topological polar surface area (TPSA) is 74.1 Å². The van der Waals surface area contributed by atoms with E-state index >= 15 is 0 Å². The average molecular weight is 379 g/mol. The molecule has 8 heteroatoms. The average Bonchev–Trinajstić information content (AvgIpc) is 2.91. The zero-order valence-corrected chi connectivity index (χ0v) is 15.6. The molecule has 0 spiro atoms. The number of sulfone groups is 1. The number of ether oxygens (including phenoxy) is 1. The quantitative estimate of drug-likeness (QED) is 0.769. The van der Waals surface area contributed by atoms with Crippen molar-refractivity contribution in [3.63, 3.8) is 0 Å². The van der Waals surface area contributed by atoms with Crippen LogP contribution in [0.25, 0.3) is 5.69 Å². The molecule has 1 aliphatic heterocycles. The maximum Gasteiger partial charge on any atom is 0.153 e. The van der Waals surface area contributed by atoms with Gasteiger partial charge in [-0.25, -0.2) is 22.5 Å². The molecule has 0 radical (unpaired) electrons. The van der Waals surface area contributed by atoms with E-state index in [4.69, 9.17) is 4.74 Å². The first-order chi connectivity index (χ1) is 12.3. The van der Waals surface area contributed by atoms with Crippen molar-refractivity contribution in [1.29, 1.82) is 0 Å². The zero-order chi connectivity index (χ0) is 18.5. The van der Waals surface area contributed by atoms with Crippen LogP contribution in [0.5, 0.6) is 0 Å². The van der Waals surface area contributed by atoms with Crippen LogP contribution < -0.4 is 0 Å². The van der Waals surface area contributed by atoms with E-state index in [0.29, 0.717) is 24.5 Å². The van der Waals surface area contributed by atoms with Gasteiger partial charge in [-0.2, -0.15) is 5.10 Å². The van der Waals surface area contributed by atoms with Gasteiger partial charge < -0.3 is 4.74 Å². The van der Waals surface area contributed by atoms with E-state index in [2.05, 4.69) is 10.1 Å². The van der Waals surface area contributed by atoms with Gasteiger partial charge >= 0.3 is 0 Å². The van der Waals surface area contributed by atoms with Crippen LogP contribution in [-0.2, 0) is 21.0 Å². The number of fused-ring (bicyclic) bond motifs is 1. The summed E-state index contributed by atoms with van der Waals surface area (Å²) in [5, 5.41) is 4.55. The van der Waals surface area contributed by atoms with Crippen molar-refractivity contribution in [3.8, 4) is 5.69 Å². The summed E-state index contributed by atoms with van der Waals surface area (Å²) in [7, 11) is -2.93. The largest absolute Gasteiger partial charge is 0.378 e. The van der Waals surface area contributed by atoms with E-state index in [9.17, 15) is 12.8 Å². The van der Waals surface area contributed by atoms with Gasteiger partial charge in [0.15, 0.2) is 15.7 Å². The van der Waals surface area contributed by atoms with Crippen LogP contribution >= 0.6 is 0 Å². The van der Waals surface area contributed by atoms with Crippen LogP contribution in [-0.4, -0.2) is 47.4 Å². The fourth-order valence-electron chi connectivity index (χ4n) is 3.81. The summed E-state index contributed by atoms with van der Waals surface area (Å²) in [5.41, 5.74) is 0.608. The highest BCUT2D eigenvalue weighted by Crippen LogP contribution is 2.58. The van der Waals surface area contributed by atoms with E-state index in [1.54, 1.807) is 16.8 Å². The number of halogens is 1.